The van der Waals surface area contributed by atoms with Crippen molar-refractivity contribution in [3.05, 3.63) is 35.9 Å². The number of para-hydroxylation sites is 1. The first-order valence-corrected chi connectivity index (χ1v) is 12.6. The maximum Gasteiger partial charge on any atom is 0.240 e. The highest BCUT2D eigenvalue weighted by Gasteiger charge is 2.28. The molecule has 0 saturated heterocycles. The lowest BCUT2D eigenvalue weighted by Gasteiger charge is -2.17. The second-order valence-corrected chi connectivity index (χ2v) is 10.5. The van der Waals surface area contributed by atoms with Gasteiger partial charge in [-0.25, -0.2) is 29.9 Å². The van der Waals surface area contributed by atoms with Crippen LogP contribution in [0.2, 0.25) is 0 Å². The van der Waals surface area contributed by atoms with Gasteiger partial charge in [0.1, 0.15) is 4.90 Å². The first-order chi connectivity index (χ1) is 14.7. The predicted octanol–water partition coefficient (Wildman–Crippen LogP) is -0.267. The Labute approximate surface area is 185 Å². The molecule has 11 nitrogen and oxygen atoms in total. The van der Waals surface area contributed by atoms with Crippen molar-refractivity contribution < 1.29 is 12.6 Å². The number of sulfonamides is 1. The Morgan fingerprint density at radius 1 is 1.23 bits per heavy atom. The van der Waals surface area contributed by atoms with Crippen molar-refractivity contribution in [3.8, 4) is 11.1 Å². The number of rotatable bonds is 8. The third-order valence-electron chi connectivity index (χ3n) is 4.35. The number of hydrogen-bond acceptors (Lipinski definition) is 10. The van der Waals surface area contributed by atoms with Crippen LogP contribution in [0.4, 0.5) is 5.13 Å². The van der Waals surface area contributed by atoms with Crippen LogP contribution in [0.3, 0.4) is 0 Å². The molecular formula is C17H22N8O3S3. The molecule has 2 aromatic carbocycles. The molecule has 14 heteroatoms. The number of benzene rings is 2. The van der Waals surface area contributed by atoms with Crippen LogP contribution < -0.4 is 33.7 Å². The summed E-state index contributed by atoms with van der Waals surface area (Å²) in [5.41, 5.74) is 20.9. The predicted molar refractivity (Wildman–Crippen MR) is 124 cm³/mol. The zero-order chi connectivity index (χ0) is 22.8. The zero-order valence-electron chi connectivity index (χ0n) is 16.2. The number of hydrazone groups is 1. The van der Waals surface area contributed by atoms with Crippen LogP contribution in [-0.2, 0) is 20.8 Å². The van der Waals surface area contributed by atoms with E-state index in [1.165, 1.54) is 17.4 Å². The Bertz CT molecular complexity index is 1290. The minimum Gasteiger partial charge on any atom is -0.382 e. The molecule has 0 radical (unpaired) electrons. The Kier molecular flexibility index (Phi) is 6.88. The Hall–Kier alpha value is -2.62. The molecule has 0 saturated carbocycles. The number of amidine groups is 1. The summed E-state index contributed by atoms with van der Waals surface area (Å²) in [6.07, 6.45) is 0.430. The fourth-order valence-corrected chi connectivity index (χ4v) is 6.55. The SMILES string of the molecule is NCCCS(=O)c1ccc(-c2cccc3sc(N)nc23)c(/C(N)=N/NN)c1S(N)(=O)=O. The van der Waals surface area contributed by atoms with Crippen LogP contribution in [0.15, 0.2) is 45.2 Å². The molecule has 0 fully saturated rings. The first kappa shape index (κ1) is 23.1. The van der Waals surface area contributed by atoms with Gasteiger partial charge in [-0.05, 0) is 30.7 Å². The molecule has 1 aromatic heterocycles. The van der Waals surface area contributed by atoms with Gasteiger partial charge in [0.05, 0.1) is 25.9 Å². The van der Waals surface area contributed by atoms with Crippen LogP contribution in [0, 0.1) is 0 Å². The lowest BCUT2D eigenvalue weighted by Crippen LogP contribution is -2.28. The minimum absolute atomic E-state index is 0.00911. The largest absolute Gasteiger partial charge is 0.382 e. The van der Waals surface area contributed by atoms with Gasteiger partial charge in [0.25, 0.3) is 0 Å². The molecule has 3 rings (SSSR count). The highest BCUT2D eigenvalue weighted by Crippen LogP contribution is 2.37. The fourth-order valence-electron chi connectivity index (χ4n) is 3.14. The number of aromatic nitrogens is 1. The van der Waals surface area contributed by atoms with Gasteiger partial charge in [-0.1, -0.05) is 29.5 Å². The van der Waals surface area contributed by atoms with E-state index in [0.717, 1.165) is 4.70 Å². The summed E-state index contributed by atoms with van der Waals surface area (Å²) in [6, 6.07) is 8.40. The Morgan fingerprint density at radius 2 is 1.97 bits per heavy atom. The second kappa shape index (κ2) is 9.25. The zero-order valence-corrected chi connectivity index (χ0v) is 18.7. The van der Waals surface area contributed by atoms with Crippen molar-refractivity contribution >= 4 is 53.3 Å². The number of hydrazine groups is 1. The number of primary sulfonamides is 1. The molecule has 1 atom stereocenters. The van der Waals surface area contributed by atoms with Gasteiger partial charge in [-0.2, -0.15) is 0 Å². The van der Waals surface area contributed by atoms with Crippen LogP contribution in [-0.4, -0.2) is 35.7 Å². The smallest absolute Gasteiger partial charge is 0.240 e. The molecule has 0 aliphatic heterocycles. The van der Waals surface area contributed by atoms with Gasteiger partial charge in [0.2, 0.25) is 10.0 Å². The van der Waals surface area contributed by atoms with Crippen molar-refractivity contribution in [1.82, 2.24) is 10.5 Å². The van der Waals surface area contributed by atoms with Gasteiger partial charge >= 0.3 is 0 Å². The van der Waals surface area contributed by atoms with Gasteiger partial charge < -0.3 is 17.2 Å². The first-order valence-electron chi connectivity index (χ1n) is 8.91. The van der Waals surface area contributed by atoms with Crippen LogP contribution >= 0.6 is 11.3 Å². The maximum atomic E-state index is 12.9. The number of thiazole rings is 1. The summed E-state index contributed by atoms with van der Waals surface area (Å²) in [5, 5.41) is 9.63. The number of fused-ring (bicyclic) bond motifs is 1. The Balaban J connectivity index is 2.42. The third-order valence-corrected chi connectivity index (χ3v) is 7.81. The summed E-state index contributed by atoms with van der Waals surface area (Å²) in [6.45, 7) is 0.301. The summed E-state index contributed by atoms with van der Waals surface area (Å²) < 4.78 is 38.9. The van der Waals surface area contributed by atoms with E-state index in [1.807, 2.05) is 11.6 Å². The normalized spacial score (nSPS) is 13.5. The second-order valence-electron chi connectivity index (χ2n) is 6.38. The van der Waals surface area contributed by atoms with E-state index >= 15 is 0 Å². The van der Waals surface area contributed by atoms with Gasteiger partial charge in [-0.15, -0.1) is 5.10 Å². The van der Waals surface area contributed by atoms with Crippen molar-refractivity contribution in [2.24, 2.45) is 27.6 Å². The van der Waals surface area contributed by atoms with Gasteiger partial charge in [-0.3, -0.25) is 4.21 Å². The molecule has 11 N–H and O–H groups in total. The molecular weight excluding hydrogens is 460 g/mol. The van der Waals surface area contributed by atoms with E-state index in [-0.39, 0.29) is 22.0 Å². The standard InChI is InChI=1S/C17H22N8O3S3/c18-7-2-8-30(26)12-6-5-9(10-3-1-4-11-14(10)23-17(20)29-11)13(16(19)24-25-21)15(12)31(22,27)28/h1,3-6,25H,2,7-8,18,21H2,(H2,19,24)(H2,20,23)(H2,22,27,28). The molecule has 1 heterocycles. The monoisotopic (exact) mass is 482 g/mol. The average Bonchev–Trinajstić information content (AvgIpc) is 3.10. The van der Waals surface area contributed by atoms with Crippen molar-refractivity contribution in [2.45, 2.75) is 16.2 Å². The summed E-state index contributed by atoms with van der Waals surface area (Å²) in [7, 11) is -6.07. The lowest BCUT2D eigenvalue weighted by molar-refractivity contribution is 0.594. The highest BCUT2D eigenvalue weighted by molar-refractivity contribution is 7.91. The van der Waals surface area contributed by atoms with E-state index in [0.29, 0.717) is 34.7 Å². The molecule has 3 aromatic rings. The molecule has 1 unspecified atom stereocenters. The number of nitrogen functional groups attached to an aromatic ring is 1. The molecule has 0 amide bonds. The van der Waals surface area contributed by atoms with Gasteiger partial charge in [0, 0.05) is 16.9 Å². The average molecular weight is 483 g/mol. The van der Waals surface area contributed by atoms with Crippen LogP contribution in [0.25, 0.3) is 21.3 Å². The van der Waals surface area contributed by atoms with Crippen molar-refractivity contribution in [1.29, 1.82) is 0 Å². The molecule has 31 heavy (non-hydrogen) atoms. The third kappa shape index (κ3) is 4.68. The number of nitrogens with zero attached hydrogens (tertiary/aromatic N) is 2. The molecule has 0 aliphatic carbocycles. The number of nitrogens with two attached hydrogens (primary N) is 5. The van der Waals surface area contributed by atoms with E-state index in [4.69, 9.17) is 28.2 Å². The van der Waals surface area contributed by atoms with Crippen molar-refractivity contribution in [2.75, 3.05) is 18.0 Å². The highest BCUT2D eigenvalue weighted by atomic mass is 32.2. The Morgan fingerprint density at radius 3 is 2.61 bits per heavy atom. The van der Waals surface area contributed by atoms with Crippen LogP contribution in [0.1, 0.15) is 12.0 Å². The summed E-state index contributed by atoms with van der Waals surface area (Å²) >= 11 is 1.28. The topological polar surface area (TPSA) is 219 Å². The lowest BCUT2D eigenvalue weighted by atomic mass is 9.98. The van der Waals surface area contributed by atoms with Crippen molar-refractivity contribution in [3.63, 3.8) is 0 Å². The molecule has 0 aliphatic rings. The van der Waals surface area contributed by atoms with Gasteiger partial charge in [0.15, 0.2) is 11.0 Å². The quantitative estimate of drug-likeness (QED) is 0.107. The summed E-state index contributed by atoms with van der Waals surface area (Å²) in [5.74, 6) is 5.18. The van der Waals surface area contributed by atoms with E-state index in [2.05, 4.69) is 10.1 Å². The maximum absolute atomic E-state index is 12.9. The molecule has 166 valence electrons. The number of hydrogen-bond donors (Lipinski definition) is 6. The molecule has 0 spiro atoms. The minimum atomic E-state index is -4.37. The fraction of sp³-hybridized carbons (Fsp3) is 0.176. The number of nitrogens with one attached hydrogen (secondary N) is 1. The van der Waals surface area contributed by atoms with Crippen LogP contribution in [0.5, 0.6) is 0 Å². The van der Waals surface area contributed by atoms with E-state index in [9.17, 15) is 12.6 Å². The molecule has 0 bridgehead atoms. The van der Waals surface area contributed by atoms with E-state index < -0.39 is 25.7 Å². The number of anilines is 1. The van der Waals surface area contributed by atoms with E-state index in [1.54, 1.807) is 18.2 Å². The summed E-state index contributed by atoms with van der Waals surface area (Å²) in [4.78, 5) is 3.96.